The Morgan fingerprint density at radius 2 is 1.86 bits per heavy atom. The van der Waals surface area contributed by atoms with Gasteiger partial charge in [0.15, 0.2) is 0 Å². The molecule has 1 rings (SSSR count). The number of rotatable bonds is 7. The van der Waals surface area contributed by atoms with E-state index in [-0.39, 0.29) is 6.54 Å². The van der Waals surface area contributed by atoms with Gasteiger partial charge in [-0.1, -0.05) is 50.1 Å². The van der Waals surface area contributed by atoms with Crippen LogP contribution in [0.15, 0.2) is 24.3 Å². The Morgan fingerprint density at radius 3 is 2.48 bits per heavy atom. The van der Waals surface area contributed by atoms with Crippen molar-refractivity contribution in [2.75, 3.05) is 13.1 Å². The predicted molar refractivity (Wildman–Crippen MR) is 85.1 cm³/mol. The summed E-state index contributed by atoms with van der Waals surface area (Å²) in [5, 5.41) is 3.23. The van der Waals surface area contributed by atoms with Crippen molar-refractivity contribution in [3.05, 3.63) is 34.9 Å². The molecule has 0 aromatic heterocycles. The van der Waals surface area contributed by atoms with Crippen LogP contribution in [0.4, 0.5) is 0 Å². The fourth-order valence-corrected chi connectivity index (χ4v) is 2.17. The summed E-state index contributed by atoms with van der Waals surface area (Å²) in [5.74, 6) is -1.03. The normalized spacial score (nSPS) is 10.2. The lowest BCUT2D eigenvalue weighted by atomic mass is 10.2. The van der Waals surface area contributed by atoms with Crippen LogP contribution in [0.3, 0.4) is 0 Å². The topological polar surface area (TPSA) is 49.4 Å². The first kappa shape index (κ1) is 17.5. The molecule has 0 heterocycles. The molecule has 116 valence electrons. The highest BCUT2D eigenvalue weighted by Gasteiger charge is 2.20. The Bertz CT molecular complexity index is 477. The monoisotopic (exact) mass is 310 g/mol. The summed E-state index contributed by atoms with van der Waals surface area (Å²) in [6, 6.07) is 7.26. The minimum atomic E-state index is -0.570. The summed E-state index contributed by atoms with van der Waals surface area (Å²) < 4.78 is 0. The number of carbonyl (C=O) groups excluding carboxylic acids is 2. The van der Waals surface area contributed by atoms with Gasteiger partial charge < -0.3 is 10.2 Å². The molecule has 0 bridgehead atoms. The van der Waals surface area contributed by atoms with Crippen LogP contribution >= 0.6 is 11.6 Å². The first-order valence-electron chi connectivity index (χ1n) is 7.40. The van der Waals surface area contributed by atoms with Crippen molar-refractivity contribution in [3.8, 4) is 0 Å². The molecule has 0 fully saturated rings. The summed E-state index contributed by atoms with van der Waals surface area (Å²) in [6.07, 6.45) is 2.74. The quantitative estimate of drug-likeness (QED) is 0.787. The van der Waals surface area contributed by atoms with E-state index >= 15 is 0 Å². The minimum Gasteiger partial charge on any atom is -0.344 e. The molecular weight excluding hydrogens is 288 g/mol. The molecule has 0 spiro atoms. The van der Waals surface area contributed by atoms with Crippen LogP contribution in [0.2, 0.25) is 5.02 Å². The van der Waals surface area contributed by atoms with Crippen molar-refractivity contribution < 1.29 is 9.59 Å². The number of unbranched alkanes of at least 4 members (excludes halogenated alkanes) is 1. The van der Waals surface area contributed by atoms with Crippen molar-refractivity contribution in [1.29, 1.82) is 0 Å². The van der Waals surface area contributed by atoms with Gasteiger partial charge in [-0.15, -0.1) is 0 Å². The zero-order valence-corrected chi connectivity index (χ0v) is 13.4. The van der Waals surface area contributed by atoms with Crippen LogP contribution in [-0.2, 0) is 16.1 Å². The van der Waals surface area contributed by atoms with E-state index in [0.717, 1.165) is 24.8 Å². The second-order valence-corrected chi connectivity index (χ2v) is 5.33. The maximum atomic E-state index is 12.1. The van der Waals surface area contributed by atoms with Crippen LogP contribution in [0.5, 0.6) is 0 Å². The van der Waals surface area contributed by atoms with E-state index in [4.69, 9.17) is 11.6 Å². The van der Waals surface area contributed by atoms with E-state index in [0.29, 0.717) is 18.1 Å². The Labute approximate surface area is 131 Å². The molecule has 0 atom stereocenters. The van der Waals surface area contributed by atoms with Gasteiger partial charge in [0.1, 0.15) is 0 Å². The highest BCUT2D eigenvalue weighted by Crippen LogP contribution is 2.14. The van der Waals surface area contributed by atoms with E-state index in [1.54, 1.807) is 11.0 Å². The molecule has 0 unspecified atom stereocenters. The number of halogens is 1. The van der Waals surface area contributed by atoms with Crippen molar-refractivity contribution >= 4 is 23.4 Å². The highest BCUT2D eigenvalue weighted by atomic mass is 35.5. The molecule has 1 N–H and O–H groups in total. The molecule has 1 aromatic rings. The predicted octanol–water partition coefficient (Wildman–Crippen LogP) is 2.99. The molecule has 4 nitrogen and oxygen atoms in total. The van der Waals surface area contributed by atoms with E-state index < -0.39 is 11.8 Å². The summed E-state index contributed by atoms with van der Waals surface area (Å²) >= 11 is 6.02. The zero-order chi connectivity index (χ0) is 15.7. The van der Waals surface area contributed by atoms with Gasteiger partial charge in [-0.25, -0.2) is 0 Å². The molecule has 2 amide bonds. The molecular formula is C16H23ClN2O2. The second-order valence-electron chi connectivity index (χ2n) is 4.92. The average molecular weight is 311 g/mol. The van der Waals surface area contributed by atoms with Crippen molar-refractivity contribution in [2.45, 2.75) is 39.7 Å². The summed E-state index contributed by atoms with van der Waals surface area (Å²) in [5.41, 5.74) is 0.802. The lowest BCUT2D eigenvalue weighted by Gasteiger charge is -2.21. The molecule has 0 aliphatic rings. The maximum absolute atomic E-state index is 12.1. The number of carbonyl (C=O) groups is 2. The van der Waals surface area contributed by atoms with Gasteiger partial charge in [-0.05, 0) is 24.5 Å². The number of nitrogens with zero attached hydrogens (tertiary/aromatic N) is 1. The third kappa shape index (κ3) is 5.76. The van der Waals surface area contributed by atoms with Crippen LogP contribution in [-0.4, -0.2) is 29.8 Å². The van der Waals surface area contributed by atoms with E-state index in [1.165, 1.54) is 0 Å². The van der Waals surface area contributed by atoms with Crippen LogP contribution < -0.4 is 5.32 Å². The fourth-order valence-electron chi connectivity index (χ4n) is 1.97. The number of amides is 2. The van der Waals surface area contributed by atoms with Gasteiger partial charge in [-0.2, -0.15) is 0 Å². The van der Waals surface area contributed by atoms with Gasteiger partial charge in [0.2, 0.25) is 0 Å². The summed E-state index contributed by atoms with van der Waals surface area (Å²) in [6.45, 7) is 5.55. The lowest BCUT2D eigenvalue weighted by molar-refractivity contribution is -0.146. The van der Waals surface area contributed by atoms with E-state index in [9.17, 15) is 9.59 Å². The number of hydrogen-bond donors (Lipinski definition) is 1. The number of hydrogen-bond acceptors (Lipinski definition) is 2. The molecule has 0 saturated heterocycles. The zero-order valence-electron chi connectivity index (χ0n) is 12.7. The van der Waals surface area contributed by atoms with Gasteiger partial charge in [0.05, 0.1) is 0 Å². The van der Waals surface area contributed by atoms with Crippen LogP contribution in [0.1, 0.15) is 38.7 Å². The van der Waals surface area contributed by atoms with Gasteiger partial charge in [-0.3, -0.25) is 9.59 Å². The minimum absolute atomic E-state index is 0.262. The van der Waals surface area contributed by atoms with Gasteiger partial charge >= 0.3 is 11.8 Å². The number of benzene rings is 1. The third-order valence-corrected chi connectivity index (χ3v) is 3.52. The molecule has 5 heteroatoms. The second kappa shape index (κ2) is 9.40. The third-order valence-electron chi connectivity index (χ3n) is 3.15. The first-order valence-corrected chi connectivity index (χ1v) is 7.78. The Hall–Kier alpha value is -1.55. The number of nitrogens with one attached hydrogen (secondary N) is 1. The molecule has 0 radical (unpaired) electrons. The Morgan fingerprint density at radius 1 is 1.14 bits per heavy atom. The van der Waals surface area contributed by atoms with Crippen LogP contribution in [0.25, 0.3) is 0 Å². The largest absolute Gasteiger partial charge is 0.344 e. The Balaban J connectivity index is 2.56. The molecule has 1 aromatic carbocycles. The Kier molecular flexibility index (Phi) is 7.83. The highest BCUT2D eigenvalue weighted by molar-refractivity contribution is 6.35. The standard InChI is InChI=1S/C16H23ClN2O2/c1-3-5-11-19(10-4-2)16(21)15(20)18-12-13-8-6-7-9-14(13)17/h6-9H,3-5,10-12H2,1-2H3,(H,18,20). The van der Waals surface area contributed by atoms with Crippen LogP contribution in [0, 0.1) is 0 Å². The van der Waals surface area contributed by atoms with E-state index in [1.807, 2.05) is 25.1 Å². The van der Waals surface area contributed by atoms with Crippen molar-refractivity contribution in [2.24, 2.45) is 0 Å². The average Bonchev–Trinajstić information content (AvgIpc) is 2.49. The smallest absolute Gasteiger partial charge is 0.311 e. The lowest BCUT2D eigenvalue weighted by Crippen LogP contribution is -2.43. The van der Waals surface area contributed by atoms with E-state index in [2.05, 4.69) is 12.2 Å². The van der Waals surface area contributed by atoms with Gasteiger partial charge in [0.25, 0.3) is 0 Å². The molecule has 0 saturated carbocycles. The molecule has 21 heavy (non-hydrogen) atoms. The first-order chi connectivity index (χ1) is 10.1. The van der Waals surface area contributed by atoms with Gasteiger partial charge in [0, 0.05) is 24.7 Å². The van der Waals surface area contributed by atoms with Crippen molar-refractivity contribution in [1.82, 2.24) is 10.2 Å². The van der Waals surface area contributed by atoms with Crippen molar-refractivity contribution in [3.63, 3.8) is 0 Å². The fraction of sp³-hybridized carbons (Fsp3) is 0.500. The SMILES string of the molecule is CCCCN(CCC)C(=O)C(=O)NCc1ccccc1Cl. The maximum Gasteiger partial charge on any atom is 0.311 e. The molecule has 0 aliphatic heterocycles. The summed E-state index contributed by atoms with van der Waals surface area (Å²) in [7, 11) is 0. The molecule has 0 aliphatic carbocycles. The summed E-state index contributed by atoms with van der Waals surface area (Å²) in [4.78, 5) is 25.7.